The number of nitrogens with two attached hydrogens (primary N) is 1. The van der Waals surface area contributed by atoms with Crippen LogP contribution in [0.2, 0.25) is 10.0 Å². The molecule has 0 saturated heterocycles. The van der Waals surface area contributed by atoms with Gasteiger partial charge in [0.1, 0.15) is 4.90 Å². The largest absolute Gasteiger partial charge is 0.351 e. The predicted octanol–water partition coefficient (Wildman–Crippen LogP) is 2.56. The Labute approximate surface area is 133 Å². The van der Waals surface area contributed by atoms with Gasteiger partial charge in [-0.15, -0.1) is 0 Å². The molecule has 1 aromatic carbocycles. The number of nitrogens with one attached hydrogen (secondary N) is 1. The van der Waals surface area contributed by atoms with Crippen LogP contribution >= 0.6 is 23.2 Å². The predicted molar refractivity (Wildman–Crippen MR) is 82.1 cm³/mol. The summed E-state index contributed by atoms with van der Waals surface area (Å²) < 4.78 is 22.9. The van der Waals surface area contributed by atoms with E-state index in [9.17, 15) is 13.2 Å². The third-order valence-corrected chi connectivity index (χ3v) is 5.69. The van der Waals surface area contributed by atoms with Gasteiger partial charge in [0.2, 0.25) is 10.0 Å². The van der Waals surface area contributed by atoms with Crippen LogP contribution in [-0.2, 0) is 10.0 Å². The number of halogens is 2. The third-order valence-electron chi connectivity index (χ3n) is 3.92. The summed E-state index contributed by atoms with van der Waals surface area (Å²) in [6.45, 7) is 2.59. The number of benzene rings is 1. The van der Waals surface area contributed by atoms with Gasteiger partial charge in [-0.3, -0.25) is 4.79 Å². The number of carbonyl (C=O) groups is 1. The molecule has 0 atom stereocenters. The second-order valence-corrected chi connectivity index (χ2v) is 7.63. The smallest absolute Gasteiger partial charge is 0.254 e. The Balaban J connectivity index is 2.28. The van der Waals surface area contributed by atoms with Crippen LogP contribution in [0.4, 0.5) is 0 Å². The zero-order chi connectivity index (χ0) is 15.8. The highest BCUT2D eigenvalue weighted by Gasteiger charge is 2.40. The molecule has 116 valence electrons. The Morgan fingerprint density at radius 1 is 1.38 bits per heavy atom. The van der Waals surface area contributed by atoms with Crippen LogP contribution in [0.25, 0.3) is 0 Å². The van der Waals surface area contributed by atoms with Crippen molar-refractivity contribution in [2.24, 2.45) is 10.6 Å². The van der Waals surface area contributed by atoms with Gasteiger partial charge in [-0.2, -0.15) is 0 Å². The molecule has 1 fully saturated rings. The van der Waals surface area contributed by atoms with Crippen molar-refractivity contribution in [2.75, 3.05) is 6.54 Å². The van der Waals surface area contributed by atoms with Crippen molar-refractivity contribution in [3.63, 3.8) is 0 Å². The fourth-order valence-corrected chi connectivity index (χ4v) is 3.62. The number of hydrogen-bond donors (Lipinski definition) is 2. The maximum atomic E-state index is 12.2. The molecule has 0 spiro atoms. The lowest BCUT2D eigenvalue weighted by molar-refractivity contribution is 0.0944. The van der Waals surface area contributed by atoms with Crippen molar-refractivity contribution in [1.29, 1.82) is 0 Å². The highest BCUT2D eigenvalue weighted by atomic mass is 35.5. The van der Waals surface area contributed by atoms with Gasteiger partial charge in [-0.25, -0.2) is 13.6 Å². The van der Waals surface area contributed by atoms with E-state index in [1.165, 1.54) is 12.1 Å². The van der Waals surface area contributed by atoms with Gasteiger partial charge in [0.05, 0.1) is 15.6 Å². The lowest BCUT2D eigenvalue weighted by Gasteiger charge is -2.15. The van der Waals surface area contributed by atoms with Crippen molar-refractivity contribution in [3.8, 4) is 0 Å². The minimum absolute atomic E-state index is 0.0586. The maximum absolute atomic E-state index is 12.2. The first-order valence-corrected chi connectivity index (χ1v) is 8.79. The van der Waals surface area contributed by atoms with Gasteiger partial charge in [0.15, 0.2) is 0 Å². The van der Waals surface area contributed by atoms with Crippen LogP contribution in [0.15, 0.2) is 17.0 Å². The average molecular weight is 351 g/mol. The Morgan fingerprint density at radius 3 is 2.48 bits per heavy atom. The number of hydrogen-bond acceptors (Lipinski definition) is 3. The SMILES string of the molecule is CCC1(CNC(=O)c2c(Cl)ccc(S(N)(=O)=O)c2Cl)CC1. The van der Waals surface area contributed by atoms with Crippen LogP contribution in [0.5, 0.6) is 0 Å². The normalized spacial score (nSPS) is 16.6. The maximum Gasteiger partial charge on any atom is 0.254 e. The molecule has 5 nitrogen and oxygen atoms in total. The number of amides is 1. The lowest BCUT2D eigenvalue weighted by Crippen LogP contribution is -2.30. The van der Waals surface area contributed by atoms with Crippen molar-refractivity contribution in [1.82, 2.24) is 5.32 Å². The average Bonchev–Trinajstić information content (AvgIpc) is 3.15. The van der Waals surface area contributed by atoms with Gasteiger partial charge in [0.25, 0.3) is 5.91 Å². The second kappa shape index (κ2) is 5.76. The van der Waals surface area contributed by atoms with E-state index in [0.29, 0.717) is 6.54 Å². The molecule has 1 aromatic rings. The van der Waals surface area contributed by atoms with E-state index in [4.69, 9.17) is 28.3 Å². The minimum Gasteiger partial charge on any atom is -0.351 e. The zero-order valence-corrected chi connectivity index (χ0v) is 13.8. The van der Waals surface area contributed by atoms with E-state index in [1.54, 1.807) is 0 Å². The Morgan fingerprint density at radius 2 is 2.00 bits per heavy atom. The van der Waals surface area contributed by atoms with E-state index >= 15 is 0 Å². The molecule has 2 rings (SSSR count). The van der Waals surface area contributed by atoms with Gasteiger partial charge in [-0.1, -0.05) is 30.1 Å². The summed E-state index contributed by atoms with van der Waals surface area (Å²) in [6.07, 6.45) is 3.12. The molecule has 0 radical (unpaired) electrons. The molecule has 21 heavy (non-hydrogen) atoms. The molecule has 1 saturated carbocycles. The molecule has 1 aliphatic carbocycles. The lowest BCUT2D eigenvalue weighted by atomic mass is 10.0. The number of sulfonamides is 1. The summed E-state index contributed by atoms with van der Waals surface area (Å²) in [5.41, 5.74) is 0.100. The first-order chi connectivity index (χ1) is 9.70. The molecule has 8 heteroatoms. The van der Waals surface area contributed by atoms with Crippen LogP contribution < -0.4 is 10.5 Å². The summed E-state index contributed by atoms with van der Waals surface area (Å²) in [4.78, 5) is 11.9. The van der Waals surface area contributed by atoms with Gasteiger partial charge >= 0.3 is 0 Å². The molecule has 0 bridgehead atoms. The molecule has 1 amide bonds. The summed E-state index contributed by atoms with van der Waals surface area (Å²) in [5.74, 6) is -0.491. The van der Waals surface area contributed by atoms with E-state index in [0.717, 1.165) is 19.3 Å². The van der Waals surface area contributed by atoms with E-state index < -0.39 is 15.9 Å². The highest BCUT2D eigenvalue weighted by molar-refractivity contribution is 7.89. The molecule has 3 N–H and O–H groups in total. The summed E-state index contributed by atoms with van der Waals surface area (Å²) in [6, 6.07) is 2.49. The van der Waals surface area contributed by atoms with Gasteiger partial charge < -0.3 is 5.32 Å². The Kier molecular flexibility index (Phi) is 4.54. The van der Waals surface area contributed by atoms with Crippen LogP contribution in [0.3, 0.4) is 0 Å². The fraction of sp³-hybridized carbons (Fsp3) is 0.462. The van der Waals surface area contributed by atoms with E-state index in [1.807, 2.05) is 0 Å². The fourth-order valence-electron chi connectivity index (χ4n) is 2.15. The topological polar surface area (TPSA) is 89.3 Å². The number of carbonyl (C=O) groups excluding carboxylic acids is 1. The van der Waals surface area contributed by atoms with Crippen LogP contribution in [0, 0.1) is 5.41 Å². The standard InChI is InChI=1S/C13H16Cl2N2O3S/c1-2-13(5-6-13)7-17-12(18)10-8(14)3-4-9(11(10)15)21(16,19)20/h3-4H,2,5-7H2,1H3,(H,17,18)(H2,16,19,20). The van der Waals surface area contributed by atoms with E-state index in [2.05, 4.69) is 12.2 Å². The molecular formula is C13H16Cl2N2O3S. The summed E-state index contributed by atoms with van der Waals surface area (Å²) in [5, 5.41) is 7.68. The monoisotopic (exact) mass is 350 g/mol. The first-order valence-electron chi connectivity index (χ1n) is 6.49. The summed E-state index contributed by atoms with van der Waals surface area (Å²) in [7, 11) is -4.01. The van der Waals surface area contributed by atoms with Crippen molar-refractivity contribution in [3.05, 3.63) is 27.7 Å². The number of rotatable bonds is 5. The quantitative estimate of drug-likeness (QED) is 0.854. The molecule has 0 aliphatic heterocycles. The molecule has 0 unspecified atom stereocenters. The molecule has 1 aliphatic rings. The van der Waals surface area contributed by atoms with Gasteiger partial charge in [0, 0.05) is 6.54 Å². The minimum atomic E-state index is -4.01. The van der Waals surface area contributed by atoms with Gasteiger partial charge in [-0.05, 0) is 36.8 Å². The van der Waals surface area contributed by atoms with Crippen LogP contribution in [0.1, 0.15) is 36.5 Å². The second-order valence-electron chi connectivity index (χ2n) is 5.32. The molecular weight excluding hydrogens is 335 g/mol. The molecule has 0 heterocycles. The third kappa shape index (κ3) is 3.51. The van der Waals surface area contributed by atoms with Crippen molar-refractivity contribution < 1.29 is 13.2 Å². The Bertz CT molecular complexity index is 685. The van der Waals surface area contributed by atoms with Crippen LogP contribution in [-0.4, -0.2) is 20.9 Å². The van der Waals surface area contributed by atoms with Crippen molar-refractivity contribution >= 4 is 39.1 Å². The van der Waals surface area contributed by atoms with E-state index in [-0.39, 0.29) is 25.9 Å². The van der Waals surface area contributed by atoms with Crippen molar-refractivity contribution in [2.45, 2.75) is 31.1 Å². The molecule has 0 aromatic heterocycles. The summed E-state index contributed by atoms with van der Waals surface area (Å²) >= 11 is 12.0. The Hall–Kier alpha value is -0.820. The number of primary sulfonamides is 1. The first kappa shape index (κ1) is 16.5. The zero-order valence-electron chi connectivity index (χ0n) is 11.4. The highest BCUT2D eigenvalue weighted by Crippen LogP contribution is 2.48.